The summed E-state index contributed by atoms with van der Waals surface area (Å²) in [6.45, 7) is 5.34. The molecule has 0 aliphatic heterocycles. The molecule has 0 aliphatic carbocycles. The molecule has 1 N–H and O–H groups in total. The summed E-state index contributed by atoms with van der Waals surface area (Å²) in [6, 6.07) is 24.5. The number of amides is 2. The zero-order valence-corrected chi connectivity index (χ0v) is 29.6. The number of hydrogen-bond donors (Lipinski definition) is 1. The fourth-order valence-corrected chi connectivity index (χ4v) is 7.11. The molecule has 11 heteroatoms. The van der Waals surface area contributed by atoms with Crippen molar-refractivity contribution in [1.29, 1.82) is 0 Å². The number of carbonyl (C=O) groups excluding carboxylic acids is 2. The van der Waals surface area contributed by atoms with E-state index < -0.39 is 28.5 Å². The van der Waals surface area contributed by atoms with Gasteiger partial charge < -0.3 is 10.2 Å². The molecule has 0 heterocycles. The highest BCUT2D eigenvalue weighted by Crippen LogP contribution is 2.31. The molecule has 0 aromatic heterocycles. The van der Waals surface area contributed by atoms with Crippen LogP contribution >= 0.6 is 34.8 Å². The summed E-state index contributed by atoms with van der Waals surface area (Å²) >= 11 is 19.6. The Morgan fingerprint density at radius 2 is 1.49 bits per heavy atom. The van der Waals surface area contributed by atoms with Crippen LogP contribution in [0.3, 0.4) is 0 Å². The molecule has 248 valence electrons. The van der Waals surface area contributed by atoms with Crippen molar-refractivity contribution in [3.8, 4) is 0 Å². The molecule has 0 saturated heterocycles. The molecule has 47 heavy (non-hydrogen) atoms. The molecule has 4 aromatic carbocycles. The van der Waals surface area contributed by atoms with Crippen LogP contribution in [0, 0.1) is 13.8 Å². The SMILES string of the molecule is CCCCNC(=O)C(Cc1ccccc1)N(Cc1c(Cl)cccc1Cl)C(=O)CN(c1ccc(C)c(Cl)c1)S(=O)(=O)c1ccc(C)cc1. The first-order valence-corrected chi connectivity index (χ1v) is 17.9. The Hall–Kier alpha value is -3.56. The molecule has 4 aromatic rings. The normalized spacial score (nSPS) is 12.0. The van der Waals surface area contributed by atoms with Crippen molar-refractivity contribution in [1.82, 2.24) is 10.2 Å². The van der Waals surface area contributed by atoms with E-state index in [0.29, 0.717) is 27.2 Å². The standard InChI is InChI=1S/C36H38Cl3N3O4S/c1-4-5-20-40-36(44)34(21-27-10-7-6-8-11-27)41(23-30-31(37)12-9-13-32(30)38)35(43)24-42(28-17-16-26(3)33(39)22-28)47(45,46)29-18-14-25(2)15-19-29/h6-19,22,34H,4-5,20-21,23-24H2,1-3H3,(H,40,44). The molecule has 0 saturated carbocycles. The van der Waals surface area contributed by atoms with Gasteiger partial charge in [-0.2, -0.15) is 0 Å². The van der Waals surface area contributed by atoms with Gasteiger partial charge in [0.25, 0.3) is 10.0 Å². The van der Waals surface area contributed by atoms with Crippen LogP contribution in [0.2, 0.25) is 15.1 Å². The number of nitrogens with one attached hydrogen (secondary N) is 1. The van der Waals surface area contributed by atoms with Gasteiger partial charge in [-0.3, -0.25) is 13.9 Å². The molecule has 0 fully saturated rings. The van der Waals surface area contributed by atoms with Crippen molar-refractivity contribution in [2.75, 3.05) is 17.4 Å². The lowest BCUT2D eigenvalue weighted by Gasteiger charge is -2.34. The number of hydrogen-bond acceptors (Lipinski definition) is 4. The lowest BCUT2D eigenvalue weighted by atomic mass is 10.0. The summed E-state index contributed by atoms with van der Waals surface area (Å²) < 4.78 is 29.5. The summed E-state index contributed by atoms with van der Waals surface area (Å²) in [5.41, 5.74) is 3.09. The third-order valence-electron chi connectivity index (χ3n) is 7.82. The van der Waals surface area contributed by atoms with Crippen LogP contribution in [0.5, 0.6) is 0 Å². The Kier molecular flexibility index (Phi) is 12.7. The van der Waals surface area contributed by atoms with Crippen LogP contribution in [0.15, 0.2) is 95.9 Å². The van der Waals surface area contributed by atoms with Gasteiger partial charge in [-0.1, -0.05) is 108 Å². The van der Waals surface area contributed by atoms with Crippen molar-refractivity contribution >= 4 is 62.3 Å². The van der Waals surface area contributed by atoms with Gasteiger partial charge in [0, 0.05) is 40.1 Å². The van der Waals surface area contributed by atoms with E-state index in [-0.39, 0.29) is 29.5 Å². The molecule has 0 spiro atoms. The minimum atomic E-state index is -4.27. The first-order chi connectivity index (χ1) is 22.4. The number of anilines is 1. The smallest absolute Gasteiger partial charge is 0.264 e. The monoisotopic (exact) mass is 713 g/mol. The Labute approximate surface area is 292 Å². The highest BCUT2D eigenvalue weighted by molar-refractivity contribution is 7.92. The molecule has 1 unspecified atom stereocenters. The molecule has 4 rings (SSSR count). The maximum Gasteiger partial charge on any atom is 0.264 e. The molecule has 0 radical (unpaired) electrons. The van der Waals surface area contributed by atoms with E-state index >= 15 is 0 Å². The maximum absolute atomic E-state index is 14.6. The maximum atomic E-state index is 14.6. The molecule has 2 amide bonds. The van der Waals surface area contributed by atoms with Crippen molar-refractivity contribution in [3.63, 3.8) is 0 Å². The summed E-state index contributed by atoms with van der Waals surface area (Å²) in [6.07, 6.45) is 1.80. The quantitative estimate of drug-likeness (QED) is 0.134. The molecule has 7 nitrogen and oxygen atoms in total. The third-order valence-corrected chi connectivity index (χ3v) is 10.7. The Balaban J connectivity index is 1.84. The predicted octanol–water partition coefficient (Wildman–Crippen LogP) is 8.02. The Morgan fingerprint density at radius 1 is 0.830 bits per heavy atom. The lowest BCUT2D eigenvalue weighted by Crippen LogP contribution is -2.53. The number of benzene rings is 4. The van der Waals surface area contributed by atoms with E-state index in [1.165, 1.54) is 23.1 Å². The van der Waals surface area contributed by atoms with Gasteiger partial charge in [-0.25, -0.2) is 8.42 Å². The van der Waals surface area contributed by atoms with E-state index in [1.807, 2.05) is 44.2 Å². The molecule has 1 atom stereocenters. The third kappa shape index (κ3) is 9.29. The zero-order chi connectivity index (χ0) is 34.1. The van der Waals surface area contributed by atoms with Gasteiger partial charge in [-0.05, 0) is 67.8 Å². The van der Waals surface area contributed by atoms with Crippen LogP contribution in [0.4, 0.5) is 5.69 Å². The van der Waals surface area contributed by atoms with Gasteiger partial charge in [0.2, 0.25) is 11.8 Å². The van der Waals surface area contributed by atoms with Gasteiger partial charge in [0.15, 0.2) is 0 Å². The minimum absolute atomic E-state index is 0.00596. The summed E-state index contributed by atoms with van der Waals surface area (Å²) in [4.78, 5) is 29.9. The second-order valence-electron chi connectivity index (χ2n) is 11.3. The largest absolute Gasteiger partial charge is 0.354 e. The number of halogens is 3. The summed E-state index contributed by atoms with van der Waals surface area (Å²) in [7, 11) is -4.27. The Bertz CT molecular complexity index is 1780. The van der Waals surface area contributed by atoms with Crippen molar-refractivity contribution in [3.05, 3.63) is 128 Å². The molecule has 0 aliphatic rings. The fourth-order valence-electron chi connectivity index (χ4n) is 5.02. The van der Waals surface area contributed by atoms with Crippen molar-refractivity contribution < 1.29 is 18.0 Å². The van der Waals surface area contributed by atoms with E-state index in [4.69, 9.17) is 34.8 Å². The number of rotatable bonds is 14. The van der Waals surface area contributed by atoms with Gasteiger partial charge in [0.05, 0.1) is 10.6 Å². The highest BCUT2D eigenvalue weighted by atomic mass is 35.5. The molecular weight excluding hydrogens is 677 g/mol. The summed E-state index contributed by atoms with van der Waals surface area (Å²) in [5, 5.41) is 3.94. The van der Waals surface area contributed by atoms with E-state index in [0.717, 1.165) is 33.8 Å². The Morgan fingerprint density at radius 3 is 2.11 bits per heavy atom. The second-order valence-corrected chi connectivity index (χ2v) is 14.4. The number of nitrogens with zero attached hydrogens (tertiary/aromatic N) is 2. The van der Waals surface area contributed by atoms with E-state index in [1.54, 1.807) is 49.4 Å². The average Bonchev–Trinajstić information content (AvgIpc) is 3.04. The minimum Gasteiger partial charge on any atom is -0.354 e. The van der Waals surface area contributed by atoms with Crippen LogP contribution in [-0.2, 0) is 32.6 Å². The van der Waals surface area contributed by atoms with Crippen LogP contribution in [-0.4, -0.2) is 44.3 Å². The number of aryl methyl sites for hydroxylation is 2. The van der Waals surface area contributed by atoms with E-state index in [9.17, 15) is 18.0 Å². The van der Waals surface area contributed by atoms with Crippen LogP contribution in [0.25, 0.3) is 0 Å². The number of carbonyl (C=O) groups is 2. The van der Waals surface area contributed by atoms with Crippen molar-refractivity contribution in [2.45, 2.75) is 57.5 Å². The zero-order valence-electron chi connectivity index (χ0n) is 26.5. The topological polar surface area (TPSA) is 86.8 Å². The fraction of sp³-hybridized carbons (Fsp3) is 0.278. The molecular formula is C36H38Cl3N3O4S. The number of unbranched alkanes of at least 4 members (excludes halogenated alkanes) is 1. The van der Waals surface area contributed by atoms with Crippen molar-refractivity contribution in [2.24, 2.45) is 0 Å². The van der Waals surface area contributed by atoms with Gasteiger partial charge in [-0.15, -0.1) is 0 Å². The predicted molar refractivity (Wildman–Crippen MR) is 191 cm³/mol. The first kappa shape index (κ1) is 36.3. The first-order valence-electron chi connectivity index (χ1n) is 15.3. The van der Waals surface area contributed by atoms with Crippen LogP contribution in [0.1, 0.15) is 42.0 Å². The highest BCUT2D eigenvalue weighted by Gasteiger charge is 2.35. The second kappa shape index (κ2) is 16.5. The number of sulfonamides is 1. The van der Waals surface area contributed by atoms with Crippen LogP contribution < -0.4 is 9.62 Å². The lowest BCUT2D eigenvalue weighted by molar-refractivity contribution is -0.140. The van der Waals surface area contributed by atoms with Gasteiger partial charge >= 0.3 is 0 Å². The van der Waals surface area contributed by atoms with E-state index in [2.05, 4.69) is 5.32 Å². The molecule has 0 bridgehead atoms. The van der Waals surface area contributed by atoms with Gasteiger partial charge in [0.1, 0.15) is 12.6 Å². The average molecular weight is 715 g/mol. The summed E-state index contributed by atoms with van der Waals surface area (Å²) in [5.74, 6) is -0.995.